The number of fused-ring (bicyclic) bond motifs is 1. The molecule has 1 heterocycles. The topological polar surface area (TPSA) is 38.5 Å². The van der Waals surface area contributed by atoms with E-state index in [-0.39, 0.29) is 11.9 Å². The van der Waals surface area contributed by atoms with Gasteiger partial charge in [0.15, 0.2) is 0 Å². The molecule has 0 bridgehead atoms. The number of unbranched alkanes of at least 4 members (excludes halogenated alkanes) is 2. The molecule has 2 rings (SSSR count). The van der Waals surface area contributed by atoms with Gasteiger partial charge >= 0.3 is 0 Å². The zero-order valence-electron chi connectivity index (χ0n) is 11.8. The van der Waals surface area contributed by atoms with Gasteiger partial charge in [-0.2, -0.15) is 0 Å². The summed E-state index contributed by atoms with van der Waals surface area (Å²) in [4.78, 5) is 2.28. The summed E-state index contributed by atoms with van der Waals surface area (Å²) in [5.41, 5.74) is 7.66. The molecule has 4 heteroatoms. The SMILES string of the molecule is CCCCCN1Cc2c(F)cc(OC)cc2C1CN. The summed E-state index contributed by atoms with van der Waals surface area (Å²) in [6.07, 6.45) is 3.53. The van der Waals surface area contributed by atoms with Crippen molar-refractivity contribution in [2.24, 2.45) is 5.73 Å². The highest BCUT2D eigenvalue weighted by Gasteiger charge is 2.31. The van der Waals surface area contributed by atoms with Crippen LogP contribution in [0.1, 0.15) is 43.4 Å². The second kappa shape index (κ2) is 6.35. The minimum Gasteiger partial charge on any atom is -0.497 e. The van der Waals surface area contributed by atoms with E-state index in [0.29, 0.717) is 18.8 Å². The zero-order chi connectivity index (χ0) is 13.8. The van der Waals surface area contributed by atoms with Crippen LogP contribution in [0.4, 0.5) is 4.39 Å². The van der Waals surface area contributed by atoms with Crippen LogP contribution < -0.4 is 10.5 Å². The molecule has 0 radical (unpaired) electrons. The van der Waals surface area contributed by atoms with Crippen molar-refractivity contribution in [2.75, 3.05) is 20.2 Å². The zero-order valence-corrected chi connectivity index (χ0v) is 11.8. The molecule has 1 aliphatic heterocycles. The lowest BCUT2D eigenvalue weighted by molar-refractivity contribution is 0.214. The van der Waals surface area contributed by atoms with Crippen LogP contribution in [-0.4, -0.2) is 25.1 Å². The van der Waals surface area contributed by atoms with Gasteiger partial charge in [-0.3, -0.25) is 4.90 Å². The Balaban J connectivity index is 2.20. The van der Waals surface area contributed by atoms with Gasteiger partial charge in [-0.05, 0) is 24.6 Å². The van der Waals surface area contributed by atoms with Crippen LogP contribution in [-0.2, 0) is 6.54 Å². The first-order valence-corrected chi connectivity index (χ1v) is 7.01. The van der Waals surface area contributed by atoms with Gasteiger partial charge in [0, 0.05) is 30.8 Å². The molecule has 1 unspecified atom stereocenters. The Morgan fingerprint density at radius 1 is 1.42 bits per heavy atom. The Morgan fingerprint density at radius 2 is 2.21 bits per heavy atom. The molecule has 0 aliphatic carbocycles. The average Bonchev–Trinajstić information content (AvgIpc) is 2.77. The molecule has 0 amide bonds. The summed E-state index contributed by atoms with van der Waals surface area (Å²) in [5, 5.41) is 0. The highest BCUT2D eigenvalue weighted by Crippen LogP contribution is 2.37. The number of nitrogens with zero attached hydrogens (tertiary/aromatic N) is 1. The van der Waals surface area contributed by atoms with Crippen LogP contribution in [0.25, 0.3) is 0 Å². The minimum atomic E-state index is -0.175. The van der Waals surface area contributed by atoms with Crippen molar-refractivity contribution in [2.45, 2.75) is 38.8 Å². The average molecular weight is 266 g/mol. The maximum atomic E-state index is 14.1. The van der Waals surface area contributed by atoms with E-state index in [9.17, 15) is 4.39 Å². The molecule has 0 aromatic heterocycles. The Morgan fingerprint density at radius 3 is 2.84 bits per heavy atom. The lowest BCUT2D eigenvalue weighted by Gasteiger charge is -2.23. The number of rotatable bonds is 6. The number of hydrogen-bond donors (Lipinski definition) is 1. The quantitative estimate of drug-likeness (QED) is 0.805. The molecule has 0 saturated heterocycles. The lowest BCUT2D eigenvalue weighted by Crippen LogP contribution is -2.28. The van der Waals surface area contributed by atoms with Crippen molar-refractivity contribution in [1.82, 2.24) is 4.90 Å². The summed E-state index contributed by atoms with van der Waals surface area (Å²) in [6.45, 7) is 4.35. The summed E-state index contributed by atoms with van der Waals surface area (Å²) in [7, 11) is 1.56. The van der Waals surface area contributed by atoms with E-state index in [4.69, 9.17) is 10.5 Å². The highest BCUT2D eigenvalue weighted by molar-refractivity contribution is 5.41. The van der Waals surface area contributed by atoms with Crippen molar-refractivity contribution in [3.05, 3.63) is 29.1 Å². The van der Waals surface area contributed by atoms with Gasteiger partial charge in [-0.25, -0.2) is 4.39 Å². The van der Waals surface area contributed by atoms with Crippen molar-refractivity contribution in [3.63, 3.8) is 0 Å². The molecule has 1 aromatic rings. The number of nitrogens with two attached hydrogens (primary N) is 1. The van der Waals surface area contributed by atoms with Gasteiger partial charge in [-0.15, -0.1) is 0 Å². The molecular formula is C15H23FN2O. The van der Waals surface area contributed by atoms with Gasteiger partial charge in [0.05, 0.1) is 7.11 Å². The Bertz CT molecular complexity index is 436. The second-order valence-corrected chi connectivity index (χ2v) is 5.11. The van der Waals surface area contributed by atoms with Crippen molar-refractivity contribution >= 4 is 0 Å². The maximum Gasteiger partial charge on any atom is 0.131 e. The van der Waals surface area contributed by atoms with E-state index in [0.717, 1.165) is 24.1 Å². The maximum absolute atomic E-state index is 14.1. The number of halogens is 1. The molecule has 2 N–H and O–H groups in total. The van der Waals surface area contributed by atoms with Crippen LogP contribution >= 0.6 is 0 Å². The molecule has 0 fully saturated rings. The normalized spacial score (nSPS) is 18.6. The predicted octanol–water partition coefficient (Wildman–Crippen LogP) is 2.84. The van der Waals surface area contributed by atoms with Gasteiger partial charge < -0.3 is 10.5 Å². The van der Waals surface area contributed by atoms with E-state index in [2.05, 4.69) is 11.8 Å². The van der Waals surface area contributed by atoms with Crippen LogP contribution in [0.3, 0.4) is 0 Å². The molecule has 1 aliphatic rings. The third kappa shape index (κ3) is 2.90. The Hall–Kier alpha value is -1.13. The first-order chi connectivity index (χ1) is 9.21. The van der Waals surface area contributed by atoms with Crippen LogP contribution in [0, 0.1) is 5.82 Å². The van der Waals surface area contributed by atoms with Crippen LogP contribution in [0.2, 0.25) is 0 Å². The number of benzene rings is 1. The fourth-order valence-electron chi connectivity index (χ4n) is 2.80. The molecule has 19 heavy (non-hydrogen) atoms. The van der Waals surface area contributed by atoms with Gasteiger partial charge in [0.2, 0.25) is 0 Å². The molecule has 0 saturated carbocycles. The van der Waals surface area contributed by atoms with Crippen LogP contribution in [0.15, 0.2) is 12.1 Å². The molecular weight excluding hydrogens is 243 g/mol. The predicted molar refractivity (Wildman–Crippen MR) is 74.7 cm³/mol. The number of methoxy groups -OCH3 is 1. The van der Waals surface area contributed by atoms with E-state index in [1.165, 1.54) is 18.9 Å². The molecule has 1 atom stereocenters. The molecule has 0 spiro atoms. The lowest BCUT2D eigenvalue weighted by atomic mass is 10.0. The third-order valence-electron chi connectivity index (χ3n) is 3.87. The van der Waals surface area contributed by atoms with E-state index >= 15 is 0 Å². The van der Waals surface area contributed by atoms with E-state index < -0.39 is 0 Å². The minimum absolute atomic E-state index is 0.122. The summed E-state index contributed by atoms with van der Waals surface area (Å²) in [6, 6.07) is 3.51. The fourth-order valence-corrected chi connectivity index (χ4v) is 2.80. The van der Waals surface area contributed by atoms with E-state index in [1.807, 2.05) is 6.07 Å². The van der Waals surface area contributed by atoms with Crippen molar-refractivity contribution in [1.29, 1.82) is 0 Å². The second-order valence-electron chi connectivity index (χ2n) is 5.11. The smallest absolute Gasteiger partial charge is 0.131 e. The number of ether oxygens (including phenoxy) is 1. The van der Waals surface area contributed by atoms with Gasteiger partial charge in [-0.1, -0.05) is 19.8 Å². The fraction of sp³-hybridized carbons (Fsp3) is 0.600. The number of hydrogen-bond acceptors (Lipinski definition) is 3. The van der Waals surface area contributed by atoms with Gasteiger partial charge in [0.1, 0.15) is 11.6 Å². The Labute approximate surface area is 114 Å². The van der Waals surface area contributed by atoms with Crippen molar-refractivity contribution in [3.8, 4) is 5.75 Å². The first-order valence-electron chi connectivity index (χ1n) is 7.01. The molecule has 3 nitrogen and oxygen atoms in total. The summed E-state index contributed by atoms with van der Waals surface area (Å²) in [5.74, 6) is 0.399. The third-order valence-corrected chi connectivity index (χ3v) is 3.87. The molecule has 106 valence electrons. The monoisotopic (exact) mass is 266 g/mol. The largest absolute Gasteiger partial charge is 0.497 e. The van der Waals surface area contributed by atoms with Gasteiger partial charge in [0.25, 0.3) is 0 Å². The van der Waals surface area contributed by atoms with Crippen molar-refractivity contribution < 1.29 is 9.13 Å². The summed E-state index contributed by atoms with van der Waals surface area (Å²) < 4.78 is 19.2. The first kappa shape index (κ1) is 14.3. The van der Waals surface area contributed by atoms with E-state index in [1.54, 1.807) is 7.11 Å². The molecule has 1 aromatic carbocycles. The Kier molecular flexibility index (Phi) is 4.77. The highest BCUT2D eigenvalue weighted by atomic mass is 19.1. The summed E-state index contributed by atoms with van der Waals surface area (Å²) >= 11 is 0. The van der Waals surface area contributed by atoms with Crippen LogP contribution in [0.5, 0.6) is 5.75 Å². The standard InChI is InChI=1S/C15H23FN2O/c1-3-4-5-6-18-10-13-12(15(18)9-17)7-11(19-2)8-14(13)16/h7-8,15H,3-6,9-10,17H2,1-2H3.